The molecule has 162 valence electrons. The maximum absolute atomic E-state index is 11.0. The second-order valence-corrected chi connectivity index (χ2v) is 7.86. The molecule has 31 heavy (non-hydrogen) atoms. The lowest BCUT2D eigenvalue weighted by molar-refractivity contribution is -0.0744. The summed E-state index contributed by atoms with van der Waals surface area (Å²) >= 11 is 0. The Kier molecular flexibility index (Phi) is 9.04. The Morgan fingerprint density at radius 1 is 0.806 bits per heavy atom. The molecule has 0 spiro atoms. The number of hydrogen-bond acceptors (Lipinski definition) is 3. The maximum atomic E-state index is 11.0. The van der Waals surface area contributed by atoms with Gasteiger partial charge in [0.15, 0.2) is 0 Å². The molecule has 0 aliphatic carbocycles. The van der Waals surface area contributed by atoms with E-state index in [1.165, 1.54) is 0 Å². The summed E-state index contributed by atoms with van der Waals surface area (Å²) in [5, 5.41) is 11.0. The average molecular weight is 417 g/mol. The number of ether oxygens (including phenoxy) is 2. The van der Waals surface area contributed by atoms with Gasteiger partial charge in [0.25, 0.3) is 0 Å². The third-order valence-electron chi connectivity index (χ3n) is 5.67. The van der Waals surface area contributed by atoms with Gasteiger partial charge in [-0.1, -0.05) is 104 Å². The van der Waals surface area contributed by atoms with Crippen molar-refractivity contribution in [1.82, 2.24) is 0 Å². The molecule has 3 aromatic carbocycles. The monoisotopic (exact) mass is 416 g/mol. The maximum Gasteiger partial charge on any atom is 0.0856 e. The van der Waals surface area contributed by atoms with Crippen molar-refractivity contribution >= 4 is 0 Å². The zero-order valence-electron chi connectivity index (χ0n) is 18.1. The van der Waals surface area contributed by atoms with Gasteiger partial charge in [0.1, 0.15) is 0 Å². The first-order valence-electron chi connectivity index (χ1n) is 10.8. The molecule has 0 radical (unpaired) electrons. The molecule has 0 saturated heterocycles. The molecule has 1 N–H and O–H groups in total. The molecule has 0 amide bonds. The highest BCUT2D eigenvalue weighted by Crippen LogP contribution is 2.32. The van der Waals surface area contributed by atoms with Crippen molar-refractivity contribution < 1.29 is 14.6 Å². The van der Waals surface area contributed by atoms with Gasteiger partial charge in [-0.25, -0.2) is 0 Å². The van der Waals surface area contributed by atoms with Crippen LogP contribution >= 0.6 is 0 Å². The molecule has 4 atom stereocenters. The van der Waals surface area contributed by atoms with Crippen molar-refractivity contribution in [3.63, 3.8) is 0 Å². The molecule has 3 heteroatoms. The fourth-order valence-corrected chi connectivity index (χ4v) is 3.75. The highest BCUT2D eigenvalue weighted by atomic mass is 16.5. The van der Waals surface area contributed by atoms with Crippen LogP contribution in [0.2, 0.25) is 0 Å². The zero-order valence-corrected chi connectivity index (χ0v) is 18.1. The molecule has 0 heterocycles. The van der Waals surface area contributed by atoms with Crippen LogP contribution in [0.15, 0.2) is 104 Å². The van der Waals surface area contributed by atoms with Crippen LogP contribution in [0.3, 0.4) is 0 Å². The quantitative estimate of drug-likeness (QED) is 0.370. The Morgan fingerprint density at radius 3 is 1.87 bits per heavy atom. The third kappa shape index (κ3) is 6.90. The molecule has 0 bridgehead atoms. The SMILES string of the molecule is C=C[C@H]([C@H](C)[C@@H](COCc1ccccc1)OCc1ccccc1)[C@H](O)c1ccccc1. The van der Waals surface area contributed by atoms with E-state index < -0.39 is 6.10 Å². The van der Waals surface area contributed by atoms with E-state index in [0.717, 1.165) is 16.7 Å². The summed E-state index contributed by atoms with van der Waals surface area (Å²) < 4.78 is 12.3. The standard InChI is InChI=1S/C28H32O3/c1-3-26(28(29)25-17-11-6-12-18-25)22(2)27(31-20-24-15-9-5-10-16-24)21-30-19-23-13-7-4-8-14-23/h3-18,22,26-29H,1,19-21H2,2H3/t22-,26+,27+,28+/m0/s1. The Balaban J connectivity index is 1.69. The molecule has 0 fully saturated rings. The first kappa shape index (κ1) is 23.0. The third-order valence-corrected chi connectivity index (χ3v) is 5.67. The summed E-state index contributed by atoms with van der Waals surface area (Å²) in [5.41, 5.74) is 3.12. The van der Waals surface area contributed by atoms with Crippen molar-refractivity contribution in [2.75, 3.05) is 6.61 Å². The van der Waals surface area contributed by atoms with E-state index in [1.807, 2.05) is 72.8 Å². The first-order valence-corrected chi connectivity index (χ1v) is 10.8. The Hall–Kier alpha value is -2.72. The predicted octanol–water partition coefficient (Wildman–Crippen LogP) is 5.96. The van der Waals surface area contributed by atoms with Gasteiger partial charge in [-0.2, -0.15) is 0 Å². The van der Waals surface area contributed by atoms with Gasteiger partial charge in [0.05, 0.1) is 32.0 Å². The van der Waals surface area contributed by atoms with Crippen molar-refractivity contribution in [3.8, 4) is 0 Å². The fraction of sp³-hybridized carbons (Fsp3) is 0.286. The number of aliphatic hydroxyl groups is 1. The van der Waals surface area contributed by atoms with E-state index in [-0.39, 0.29) is 17.9 Å². The Morgan fingerprint density at radius 2 is 1.32 bits per heavy atom. The largest absolute Gasteiger partial charge is 0.388 e. The van der Waals surface area contributed by atoms with Crippen LogP contribution in [-0.4, -0.2) is 17.8 Å². The molecule has 3 rings (SSSR count). The van der Waals surface area contributed by atoms with Gasteiger partial charge < -0.3 is 14.6 Å². The van der Waals surface area contributed by atoms with Crippen LogP contribution in [0.1, 0.15) is 29.7 Å². The van der Waals surface area contributed by atoms with Gasteiger partial charge in [-0.05, 0) is 22.6 Å². The van der Waals surface area contributed by atoms with E-state index in [1.54, 1.807) is 0 Å². The van der Waals surface area contributed by atoms with Crippen molar-refractivity contribution in [2.45, 2.75) is 32.3 Å². The Bertz CT molecular complexity index is 880. The van der Waals surface area contributed by atoms with E-state index in [9.17, 15) is 5.11 Å². The van der Waals surface area contributed by atoms with Crippen molar-refractivity contribution in [1.29, 1.82) is 0 Å². The molecule has 0 aliphatic rings. The van der Waals surface area contributed by atoms with Gasteiger partial charge in [0, 0.05) is 5.92 Å². The minimum absolute atomic E-state index is 0.00666. The molecular weight excluding hydrogens is 384 g/mol. The summed E-state index contributed by atoms with van der Waals surface area (Å²) in [7, 11) is 0. The lowest BCUT2D eigenvalue weighted by Crippen LogP contribution is -2.34. The van der Waals surface area contributed by atoms with Gasteiger partial charge in [0.2, 0.25) is 0 Å². The highest BCUT2D eigenvalue weighted by molar-refractivity contribution is 5.20. The van der Waals surface area contributed by atoms with E-state index in [0.29, 0.717) is 19.8 Å². The van der Waals surface area contributed by atoms with Crippen LogP contribution in [-0.2, 0) is 22.7 Å². The van der Waals surface area contributed by atoms with Crippen molar-refractivity contribution in [3.05, 3.63) is 120 Å². The number of hydrogen-bond donors (Lipinski definition) is 1. The summed E-state index contributed by atoms with van der Waals surface area (Å²) in [6, 6.07) is 30.0. The smallest absolute Gasteiger partial charge is 0.0856 e. The van der Waals surface area contributed by atoms with Gasteiger partial charge >= 0.3 is 0 Å². The van der Waals surface area contributed by atoms with Crippen LogP contribution in [0, 0.1) is 11.8 Å². The van der Waals surface area contributed by atoms with Crippen LogP contribution in [0.5, 0.6) is 0 Å². The first-order chi connectivity index (χ1) is 15.2. The number of aliphatic hydroxyl groups excluding tert-OH is 1. The van der Waals surface area contributed by atoms with Gasteiger partial charge in [-0.3, -0.25) is 0 Å². The summed E-state index contributed by atoms with van der Waals surface area (Å²) in [6.45, 7) is 7.56. The fourth-order valence-electron chi connectivity index (χ4n) is 3.75. The van der Waals surface area contributed by atoms with Crippen LogP contribution in [0.25, 0.3) is 0 Å². The molecule has 0 aromatic heterocycles. The molecule has 3 aromatic rings. The minimum Gasteiger partial charge on any atom is -0.388 e. The lowest BCUT2D eigenvalue weighted by atomic mass is 9.82. The summed E-state index contributed by atoms with van der Waals surface area (Å²) in [5.74, 6) is -0.157. The topological polar surface area (TPSA) is 38.7 Å². The Labute approximate surface area is 186 Å². The van der Waals surface area contributed by atoms with Crippen LogP contribution in [0.4, 0.5) is 0 Å². The molecule has 3 nitrogen and oxygen atoms in total. The van der Waals surface area contributed by atoms with Gasteiger partial charge in [-0.15, -0.1) is 6.58 Å². The van der Waals surface area contributed by atoms with E-state index >= 15 is 0 Å². The van der Waals surface area contributed by atoms with Crippen molar-refractivity contribution in [2.24, 2.45) is 11.8 Å². The predicted molar refractivity (Wildman–Crippen MR) is 125 cm³/mol. The molecule has 0 saturated carbocycles. The number of rotatable bonds is 12. The second kappa shape index (κ2) is 12.2. The minimum atomic E-state index is -0.648. The highest BCUT2D eigenvalue weighted by Gasteiger charge is 2.30. The molecular formula is C28H32O3. The molecule has 0 aliphatic heterocycles. The normalized spacial score (nSPS) is 15.0. The zero-order chi connectivity index (χ0) is 21.9. The lowest BCUT2D eigenvalue weighted by Gasteiger charge is -2.32. The summed E-state index contributed by atoms with van der Waals surface area (Å²) in [4.78, 5) is 0. The van der Waals surface area contributed by atoms with Crippen LogP contribution < -0.4 is 0 Å². The molecule has 0 unspecified atom stereocenters. The average Bonchev–Trinajstić information content (AvgIpc) is 2.83. The van der Waals surface area contributed by atoms with E-state index in [2.05, 4.69) is 37.8 Å². The second-order valence-electron chi connectivity index (χ2n) is 7.86. The van der Waals surface area contributed by atoms with E-state index in [4.69, 9.17) is 9.47 Å². The summed E-state index contributed by atoms with van der Waals surface area (Å²) in [6.07, 6.45) is 0.995. The number of benzene rings is 3.